The highest BCUT2D eigenvalue weighted by atomic mass is 16.3. The Labute approximate surface area is 181 Å². The van der Waals surface area contributed by atoms with E-state index in [0.29, 0.717) is 23.7 Å². The molecule has 0 aromatic carbocycles. The number of allylic oxidation sites excluding steroid dienone is 6. The lowest BCUT2D eigenvalue weighted by molar-refractivity contribution is 0.0560. The van der Waals surface area contributed by atoms with E-state index in [9.17, 15) is 15.3 Å². The van der Waals surface area contributed by atoms with Gasteiger partial charge < -0.3 is 15.3 Å². The van der Waals surface area contributed by atoms with Crippen LogP contribution in [0, 0.1) is 46.3 Å². The lowest BCUT2D eigenvalue weighted by Crippen LogP contribution is -2.45. The van der Waals surface area contributed by atoms with Crippen LogP contribution in [-0.4, -0.2) is 20.9 Å². The number of rotatable bonds is 2. The van der Waals surface area contributed by atoms with E-state index in [1.54, 1.807) is 13.8 Å². The first-order chi connectivity index (χ1) is 14.0. The SMILES string of the molecule is C[C@H](CC#CC(C)(C)O)[C@H]1CC[C@H]2C3=CC=C4C=C(O)C=C(O)[C@]4(C)[C@H]3CC[C@]12C. The van der Waals surface area contributed by atoms with Crippen molar-refractivity contribution in [2.24, 2.45) is 34.5 Å². The summed E-state index contributed by atoms with van der Waals surface area (Å²) >= 11 is 0. The lowest BCUT2D eigenvalue weighted by Gasteiger charge is -2.53. The van der Waals surface area contributed by atoms with E-state index in [-0.39, 0.29) is 16.9 Å². The Balaban J connectivity index is 1.61. The van der Waals surface area contributed by atoms with Crippen LogP contribution in [0.1, 0.15) is 66.7 Å². The molecule has 4 aliphatic carbocycles. The highest BCUT2D eigenvalue weighted by Crippen LogP contribution is 2.65. The Hall–Kier alpha value is -1.92. The Kier molecular flexibility index (Phi) is 5.02. The van der Waals surface area contributed by atoms with Crippen LogP contribution in [0.15, 0.2) is 47.0 Å². The number of aliphatic hydroxyl groups excluding tert-OH is 2. The van der Waals surface area contributed by atoms with Gasteiger partial charge in [-0.15, -0.1) is 5.92 Å². The second-order valence-electron chi connectivity index (χ2n) is 11.0. The van der Waals surface area contributed by atoms with E-state index >= 15 is 0 Å². The maximum Gasteiger partial charge on any atom is 0.119 e. The van der Waals surface area contributed by atoms with Crippen LogP contribution in [0.4, 0.5) is 0 Å². The first kappa shape index (κ1) is 21.3. The summed E-state index contributed by atoms with van der Waals surface area (Å²) in [5.41, 5.74) is 1.40. The summed E-state index contributed by atoms with van der Waals surface area (Å²) in [7, 11) is 0. The van der Waals surface area contributed by atoms with Gasteiger partial charge in [-0.25, -0.2) is 0 Å². The Morgan fingerprint density at radius 2 is 1.83 bits per heavy atom. The predicted molar refractivity (Wildman–Crippen MR) is 121 cm³/mol. The number of hydrogen-bond donors (Lipinski definition) is 3. The van der Waals surface area contributed by atoms with Crippen LogP contribution in [0.5, 0.6) is 0 Å². The lowest BCUT2D eigenvalue weighted by atomic mass is 9.51. The smallest absolute Gasteiger partial charge is 0.119 e. The van der Waals surface area contributed by atoms with Crippen molar-refractivity contribution in [3.05, 3.63) is 47.0 Å². The minimum absolute atomic E-state index is 0.135. The van der Waals surface area contributed by atoms with Crippen LogP contribution < -0.4 is 0 Å². The quantitative estimate of drug-likeness (QED) is 0.491. The molecule has 0 bridgehead atoms. The van der Waals surface area contributed by atoms with E-state index in [0.717, 1.165) is 24.8 Å². The van der Waals surface area contributed by atoms with Gasteiger partial charge in [0.1, 0.15) is 17.1 Å². The van der Waals surface area contributed by atoms with E-state index in [4.69, 9.17) is 0 Å². The third-order valence-corrected chi connectivity index (χ3v) is 8.56. The Bertz CT molecular complexity index is 916. The molecule has 3 heteroatoms. The van der Waals surface area contributed by atoms with Crippen molar-refractivity contribution in [2.75, 3.05) is 0 Å². The number of fused-ring (bicyclic) bond motifs is 5. The molecule has 0 aromatic heterocycles. The molecule has 0 spiro atoms. The highest BCUT2D eigenvalue weighted by Gasteiger charge is 2.57. The first-order valence-corrected chi connectivity index (χ1v) is 11.4. The van der Waals surface area contributed by atoms with Gasteiger partial charge in [0.05, 0.1) is 5.41 Å². The monoisotopic (exact) mass is 408 g/mol. The second kappa shape index (κ2) is 7.06. The molecule has 162 valence electrons. The second-order valence-corrected chi connectivity index (χ2v) is 11.0. The normalized spacial score (nSPS) is 38.5. The fourth-order valence-electron chi connectivity index (χ4n) is 6.97. The van der Waals surface area contributed by atoms with Gasteiger partial charge in [0.15, 0.2) is 0 Å². The molecule has 0 radical (unpaired) electrons. The van der Waals surface area contributed by atoms with E-state index < -0.39 is 11.0 Å². The van der Waals surface area contributed by atoms with Gasteiger partial charge >= 0.3 is 0 Å². The molecule has 0 aliphatic heterocycles. The summed E-state index contributed by atoms with van der Waals surface area (Å²) in [6.45, 7) is 10.4. The molecule has 4 rings (SSSR count). The van der Waals surface area contributed by atoms with Crippen LogP contribution in [0.25, 0.3) is 0 Å². The Morgan fingerprint density at radius 1 is 1.10 bits per heavy atom. The van der Waals surface area contributed by atoms with Crippen LogP contribution in [-0.2, 0) is 0 Å². The van der Waals surface area contributed by atoms with Crippen LogP contribution in [0.3, 0.4) is 0 Å². The van der Waals surface area contributed by atoms with E-state index in [1.807, 2.05) is 6.08 Å². The summed E-state index contributed by atoms with van der Waals surface area (Å²) < 4.78 is 0. The van der Waals surface area contributed by atoms with Crippen molar-refractivity contribution in [3.8, 4) is 11.8 Å². The summed E-state index contributed by atoms with van der Waals surface area (Å²) in [4.78, 5) is 0. The zero-order valence-electron chi connectivity index (χ0n) is 19.0. The summed E-state index contributed by atoms with van der Waals surface area (Å²) in [5, 5.41) is 30.7. The summed E-state index contributed by atoms with van der Waals surface area (Å²) in [6.07, 6.45) is 13.2. The van der Waals surface area contributed by atoms with Crippen LogP contribution in [0.2, 0.25) is 0 Å². The maximum absolute atomic E-state index is 10.8. The molecule has 0 amide bonds. The molecule has 4 aliphatic rings. The molecule has 0 heterocycles. The van der Waals surface area contributed by atoms with E-state index in [2.05, 4.69) is 44.8 Å². The van der Waals surface area contributed by atoms with Crippen molar-refractivity contribution < 1.29 is 15.3 Å². The van der Waals surface area contributed by atoms with Gasteiger partial charge in [0.2, 0.25) is 0 Å². The molecule has 3 nitrogen and oxygen atoms in total. The van der Waals surface area contributed by atoms with Gasteiger partial charge in [-0.1, -0.05) is 37.5 Å². The van der Waals surface area contributed by atoms with Crippen molar-refractivity contribution >= 4 is 0 Å². The minimum atomic E-state index is -0.926. The number of hydrogen-bond acceptors (Lipinski definition) is 3. The molecule has 0 unspecified atom stereocenters. The van der Waals surface area contributed by atoms with Crippen molar-refractivity contribution in [1.29, 1.82) is 0 Å². The summed E-state index contributed by atoms with van der Waals surface area (Å²) in [6, 6.07) is 0. The molecule has 2 saturated carbocycles. The highest BCUT2D eigenvalue weighted by molar-refractivity contribution is 5.51. The molecule has 2 fully saturated rings. The minimum Gasteiger partial charge on any atom is -0.511 e. The van der Waals surface area contributed by atoms with Gasteiger partial charge in [0.25, 0.3) is 0 Å². The van der Waals surface area contributed by atoms with Crippen molar-refractivity contribution in [3.63, 3.8) is 0 Å². The van der Waals surface area contributed by atoms with Crippen molar-refractivity contribution in [2.45, 2.75) is 72.3 Å². The molecule has 3 N–H and O–H groups in total. The largest absolute Gasteiger partial charge is 0.511 e. The topological polar surface area (TPSA) is 60.7 Å². The molecule has 0 saturated heterocycles. The molecular formula is C27H36O3. The zero-order valence-corrected chi connectivity index (χ0v) is 19.0. The van der Waals surface area contributed by atoms with Crippen molar-refractivity contribution in [1.82, 2.24) is 0 Å². The molecule has 0 aromatic rings. The maximum atomic E-state index is 10.8. The van der Waals surface area contributed by atoms with Gasteiger partial charge in [-0.3, -0.25) is 0 Å². The standard InChI is InChI=1S/C27H36O3/c1-17(7-6-13-25(2,3)30)21-10-11-22-20-9-8-18-15-19(28)16-24(29)27(18,5)23(20)12-14-26(21,22)4/h8-9,15-17,21-23,28-30H,7,10-12,14H2,1-5H3/t17-,21-,22+,23+,26-,27+/m1/s1. The zero-order chi connectivity index (χ0) is 21.9. The van der Waals surface area contributed by atoms with Crippen LogP contribution >= 0.6 is 0 Å². The van der Waals surface area contributed by atoms with Gasteiger partial charge in [0, 0.05) is 12.5 Å². The van der Waals surface area contributed by atoms with Gasteiger partial charge in [-0.05, 0) is 87.2 Å². The third kappa shape index (κ3) is 3.25. The molecule has 30 heavy (non-hydrogen) atoms. The molecule has 6 atom stereocenters. The van der Waals surface area contributed by atoms with E-state index in [1.165, 1.54) is 24.5 Å². The average molecular weight is 409 g/mol. The average Bonchev–Trinajstić information content (AvgIpc) is 2.99. The number of aliphatic hydroxyl groups is 3. The fraction of sp³-hybridized carbons (Fsp3) is 0.630. The molecular weight excluding hydrogens is 372 g/mol. The predicted octanol–water partition coefficient (Wildman–Crippen LogP) is 6.00. The fourth-order valence-corrected chi connectivity index (χ4v) is 6.97. The summed E-state index contributed by atoms with van der Waals surface area (Å²) in [5.74, 6) is 8.58. The first-order valence-electron chi connectivity index (χ1n) is 11.4. The van der Waals surface area contributed by atoms with Gasteiger partial charge in [-0.2, -0.15) is 0 Å². The Morgan fingerprint density at radius 3 is 2.53 bits per heavy atom. The third-order valence-electron chi connectivity index (χ3n) is 8.56.